The summed E-state index contributed by atoms with van der Waals surface area (Å²) in [6.07, 6.45) is -7.37. The van der Waals surface area contributed by atoms with E-state index in [1.165, 1.54) is 37.3 Å². The lowest BCUT2D eigenvalue weighted by Crippen LogP contribution is -2.31. The van der Waals surface area contributed by atoms with Crippen molar-refractivity contribution in [2.24, 2.45) is 0 Å². The Hall–Kier alpha value is -3.55. The molecule has 2 aromatic carbocycles. The number of alkyl halides is 5. The van der Waals surface area contributed by atoms with Crippen molar-refractivity contribution in [3.63, 3.8) is 0 Å². The molecule has 0 bridgehead atoms. The number of sulfone groups is 1. The van der Waals surface area contributed by atoms with Gasteiger partial charge in [-0.3, -0.25) is 9.78 Å². The van der Waals surface area contributed by atoms with Crippen molar-refractivity contribution in [3.8, 4) is 0 Å². The van der Waals surface area contributed by atoms with Gasteiger partial charge in [0, 0.05) is 28.6 Å². The van der Waals surface area contributed by atoms with Gasteiger partial charge < -0.3 is 14.8 Å². The number of aliphatic hydroxyl groups excluding tert-OH is 1. The number of amides is 1. The van der Waals surface area contributed by atoms with Crippen molar-refractivity contribution >= 4 is 38.3 Å². The van der Waals surface area contributed by atoms with Gasteiger partial charge in [-0.15, -0.1) is 0 Å². The Morgan fingerprint density at radius 1 is 1.12 bits per heavy atom. The molecular formula is C27H22ClF5N2O5S. The third-order valence-electron chi connectivity index (χ3n) is 6.36. The van der Waals surface area contributed by atoms with Gasteiger partial charge in [-0.25, -0.2) is 17.2 Å². The Morgan fingerprint density at radius 2 is 1.85 bits per heavy atom. The van der Waals surface area contributed by atoms with Crippen LogP contribution in [-0.2, 0) is 22.4 Å². The molecule has 0 saturated carbocycles. The van der Waals surface area contributed by atoms with Gasteiger partial charge in [-0.2, -0.15) is 13.2 Å². The molecular weight excluding hydrogens is 595 g/mol. The Kier molecular flexibility index (Phi) is 8.71. The maximum Gasteiger partial charge on any atom is 0.416 e. The SMILES string of the molecule is CCS(=O)(=O)c1ccc([C@H](CO)NC(=O)c2ccc3c(C(F)F)c(Cc4ccc(Cl)cc4C(F)(F)F)oc3c2)nc1. The molecule has 2 heterocycles. The standard InChI is InChI=1S/C27H22ClF5N2O5S/c1-2-41(38,39)17-6-8-20(34-12-17)21(13-36)35-26(37)15-4-7-18-22(10-15)40-23(24(18)25(29)30)9-14-3-5-16(28)11-19(14)27(31,32)33/h3-8,10-12,21,25,36H,2,9,13H2,1H3,(H,35,37)/t21-/m0/s1. The monoisotopic (exact) mass is 616 g/mol. The second-order valence-corrected chi connectivity index (χ2v) is 11.7. The van der Waals surface area contributed by atoms with Crippen LogP contribution in [0.25, 0.3) is 11.0 Å². The first-order valence-corrected chi connectivity index (χ1v) is 14.1. The first-order chi connectivity index (χ1) is 19.2. The van der Waals surface area contributed by atoms with E-state index in [4.69, 9.17) is 16.0 Å². The van der Waals surface area contributed by atoms with Gasteiger partial charge in [0.25, 0.3) is 12.3 Å². The highest BCUT2D eigenvalue weighted by Gasteiger charge is 2.34. The molecule has 0 aliphatic rings. The molecule has 0 aliphatic carbocycles. The number of hydrogen-bond acceptors (Lipinski definition) is 6. The van der Waals surface area contributed by atoms with E-state index in [-0.39, 0.29) is 43.5 Å². The molecule has 2 aromatic heterocycles. The van der Waals surface area contributed by atoms with Crippen LogP contribution in [0.15, 0.2) is 64.0 Å². The number of fused-ring (bicyclic) bond motifs is 1. The van der Waals surface area contributed by atoms with Crippen LogP contribution in [0, 0.1) is 0 Å². The normalized spacial score (nSPS) is 13.1. The third-order valence-corrected chi connectivity index (χ3v) is 8.31. The smallest absolute Gasteiger partial charge is 0.416 e. The Labute approximate surface area is 235 Å². The van der Waals surface area contributed by atoms with E-state index in [0.717, 1.165) is 18.3 Å². The fraction of sp³-hybridized carbons (Fsp3) is 0.259. The fourth-order valence-electron chi connectivity index (χ4n) is 4.22. The van der Waals surface area contributed by atoms with Crippen molar-refractivity contribution in [1.29, 1.82) is 0 Å². The highest BCUT2D eigenvalue weighted by molar-refractivity contribution is 7.91. The number of aliphatic hydroxyl groups is 1. The van der Waals surface area contributed by atoms with Crippen molar-refractivity contribution in [2.45, 2.75) is 36.9 Å². The minimum atomic E-state index is -4.79. The van der Waals surface area contributed by atoms with Crippen LogP contribution in [-0.4, -0.2) is 36.8 Å². The summed E-state index contributed by atoms with van der Waals surface area (Å²) >= 11 is 5.71. The summed E-state index contributed by atoms with van der Waals surface area (Å²) < 4.78 is 98.2. The summed E-state index contributed by atoms with van der Waals surface area (Å²) in [6.45, 7) is 0.879. The molecule has 41 heavy (non-hydrogen) atoms. The van der Waals surface area contributed by atoms with Crippen molar-refractivity contribution in [3.05, 3.63) is 93.5 Å². The van der Waals surface area contributed by atoms with Gasteiger partial charge in [0.1, 0.15) is 11.3 Å². The molecule has 0 aliphatic heterocycles. The van der Waals surface area contributed by atoms with Gasteiger partial charge in [0.15, 0.2) is 9.84 Å². The Balaban J connectivity index is 1.63. The molecule has 0 radical (unpaired) electrons. The number of aromatic nitrogens is 1. The number of benzene rings is 2. The molecule has 0 fully saturated rings. The minimum absolute atomic E-state index is 0.0263. The highest BCUT2D eigenvalue weighted by Crippen LogP contribution is 2.39. The molecule has 218 valence electrons. The Bertz CT molecular complexity index is 1690. The zero-order chi connectivity index (χ0) is 30.1. The van der Waals surface area contributed by atoms with E-state index in [1.807, 2.05) is 0 Å². The number of nitrogens with one attached hydrogen (secondary N) is 1. The van der Waals surface area contributed by atoms with Gasteiger partial charge in [-0.05, 0) is 48.0 Å². The summed E-state index contributed by atoms with van der Waals surface area (Å²) in [5, 5.41) is 12.1. The lowest BCUT2D eigenvalue weighted by atomic mass is 10.00. The van der Waals surface area contributed by atoms with Crippen LogP contribution >= 0.6 is 11.6 Å². The predicted octanol–water partition coefficient (Wildman–Crippen LogP) is 6.29. The van der Waals surface area contributed by atoms with E-state index < -0.39 is 64.3 Å². The lowest BCUT2D eigenvalue weighted by molar-refractivity contribution is -0.138. The topological polar surface area (TPSA) is 110 Å². The van der Waals surface area contributed by atoms with E-state index in [9.17, 15) is 40.3 Å². The zero-order valence-electron chi connectivity index (χ0n) is 21.2. The second kappa shape index (κ2) is 11.7. The first kappa shape index (κ1) is 30.4. The highest BCUT2D eigenvalue weighted by atomic mass is 35.5. The van der Waals surface area contributed by atoms with Crippen LogP contribution in [0.4, 0.5) is 22.0 Å². The summed E-state index contributed by atoms with van der Waals surface area (Å²) in [5.41, 5.74) is -2.05. The molecule has 1 atom stereocenters. The lowest BCUT2D eigenvalue weighted by Gasteiger charge is -2.16. The van der Waals surface area contributed by atoms with Gasteiger partial charge >= 0.3 is 6.18 Å². The minimum Gasteiger partial charge on any atom is -0.460 e. The first-order valence-electron chi connectivity index (χ1n) is 12.0. The van der Waals surface area contributed by atoms with Crippen LogP contribution < -0.4 is 5.32 Å². The average molecular weight is 617 g/mol. The van der Waals surface area contributed by atoms with E-state index in [0.29, 0.717) is 6.07 Å². The number of carbonyl (C=O) groups excluding carboxylic acids is 1. The fourth-order valence-corrected chi connectivity index (χ4v) is 5.22. The number of carbonyl (C=O) groups is 1. The number of halogens is 6. The largest absolute Gasteiger partial charge is 0.460 e. The number of nitrogens with zero attached hydrogens (tertiary/aromatic N) is 1. The number of hydrogen-bond donors (Lipinski definition) is 2. The van der Waals surface area contributed by atoms with Crippen LogP contribution in [0.3, 0.4) is 0 Å². The van der Waals surface area contributed by atoms with Crippen molar-refractivity contribution in [1.82, 2.24) is 10.3 Å². The zero-order valence-corrected chi connectivity index (χ0v) is 22.7. The third kappa shape index (κ3) is 6.52. The van der Waals surface area contributed by atoms with Crippen molar-refractivity contribution in [2.75, 3.05) is 12.4 Å². The van der Waals surface area contributed by atoms with Crippen LogP contribution in [0.1, 0.15) is 57.9 Å². The van der Waals surface area contributed by atoms with E-state index in [2.05, 4.69) is 10.3 Å². The average Bonchev–Trinajstić information content (AvgIpc) is 3.29. The number of furan rings is 1. The summed E-state index contributed by atoms with van der Waals surface area (Å²) in [5.74, 6) is -1.28. The maximum atomic E-state index is 14.0. The summed E-state index contributed by atoms with van der Waals surface area (Å²) in [7, 11) is -3.51. The van der Waals surface area contributed by atoms with Crippen molar-refractivity contribution < 1.29 is 44.7 Å². The molecule has 0 unspecified atom stereocenters. The molecule has 7 nitrogen and oxygen atoms in total. The van der Waals surface area contributed by atoms with Gasteiger partial charge in [-0.1, -0.05) is 24.6 Å². The predicted molar refractivity (Wildman–Crippen MR) is 140 cm³/mol. The quantitative estimate of drug-likeness (QED) is 0.214. The molecule has 4 rings (SSSR count). The number of pyridine rings is 1. The van der Waals surface area contributed by atoms with Gasteiger partial charge in [0.05, 0.1) is 40.1 Å². The second-order valence-electron chi connectivity index (χ2n) is 8.96. The van der Waals surface area contributed by atoms with Gasteiger partial charge in [0.2, 0.25) is 0 Å². The Morgan fingerprint density at radius 3 is 2.44 bits per heavy atom. The molecule has 14 heteroatoms. The summed E-state index contributed by atoms with van der Waals surface area (Å²) in [6, 6.07) is 8.17. The molecule has 0 saturated heterocycles. The maximum absolute atomic E-state index is 14.0. The summed E-state index contributed by atoms with van der Waals surface area (Å²) in [4.78, 5) is 16.9. The molecule has 4 aromatic rings. The van der Waals surface area contributed by atoms with E-state index in [1.54, 1.807) is 0 Å². The molecule has 1 amide bonds. The van der Waals surface area contributed by atoms with E-state index >= 15 is 0 Å². The van der Waals surface area contributed by atoms with Crippen LogP contribution in [0.2, 0.25) is 5.02 Å². The molecule has 2 N–H and O–H groups in total. The van der Waals surface area contributed by atoms with Crippen LogP contribution in [0.5, 0.6) is 0 Å². The number of rotatable bonds is 9. The molecule has 0 spiro atoms.